The van der Waals surface area contributed by atoms with Crippen LogP contribution in [-0.2, 0) is 9.59 Å². The summed E-state index contributed by atoms with van der Waals surface area (Å²) in [6, 6.07) is 11.0. The molecule has 0 aromatic heterocycles. The van der Waals surface area contributed by atoms with Crippen molar-refractivity contribution in [2.45, 2.75) is 30.9 Å². The number of halogens is 2. The highest BCUT2D eigenvalue weighted by molar-refractivity contribution is 8.00. The molecule has 2 rings (SSSR count). The van der Waals surface area contributed by atoms with Crippen LogP contribution < -0.4 is 10.6 Å². The van der Waals surface area contributed by atoms with Crippen molar-refractivity contribution in [2.24, 2.45) is 0 Å². The number of thioether (sulfide) groups is 1. The van der Waals surface area contributed by atoms with Crippen molar-refractivity contribution < 1.29 is 9.59 Å². The third-order valence-corrected chi connectivity index (χ3v) is 5.85. The van der Waals surface area contributed by atoms with Gasteiger partial charge in [0.25, 0.3) is 0 Å². The number of rotatable bonds is 6. The first kappa shape index (κ1) is 20.6. The lowest BCUT2D eigenvalue weighted by atomic mass is 10.1. The number of hydrogen-bond acceptors (Lipinski definition) is 3. The summed E-state index contributed by atoms with van der Waals surface area (Å²) in [5, 5.41) is 6.03. The van der Waals surface area contributed by atoms with E-state index in [-0.39, 0.29) is 18.4 Å². The number of anilines is 1. The molecule has 0 unspecified atom stereocenters. The van der Waals surface area contributed by atoms with E-state index in [2.05, 4.69) is 10.6 Å². The molecular weight excluding hydrogens is 391 g/mol. The number of amides is 2. The van der Waals surface area contributed by atoms with E-state index >= 15 is 0 Å². The van der Waals surface area contributed by atoms with Crippen molar-refractivity contribution in [3.05, 3.63) is 57.6 Å². The highest BCUT2D eigenvalue weighted by atomic mass is 35.5. The van der Waals surface area contributed by atoms with Crippen LogP contribution in [0.1, 0.15) is 18.1 Å². The zero-order valence-corrected chi connectivity index (χ0v) is 17.1. The molecule has 0 aliphatic rings. The Hall–Kier alpha value is -1.69. The molecule has 2 N–H and O–H groups in total. The summed E-state index contributed by atoms with van der Waals surface area (Å²) in [6.45, 7) is 5.48. The molecule has 4 nitrogen and oxygen atoms in total. The maximum absolute atomic E-state index is 12.3. The van der Waals surface area contributed by atoms with Crippen LogP contribution in [0.15, 0.2) is 41.3 Å². The maximum atomic E-state index is 12.3. The molecule has 26 heavy (non-hydrogen) atoms. The Morgan fingerprint density at radius 3 is 2.15 bits per heavy atom. The van der Waals surface area contributed by atoms with Gasteiger partial charge in [-0.3, -0.25) is 9.59 Å². The molecule has 0 saturated carbocycles. The number of benzene rings is 2. The van der Waals surface area contributed by atoms with Crippen molar-refractivity contribution in [1.82, 2.24) is 5.32 Å². The second-order valence-corrected chi connectivity index (χ2v) is 8.01. The average Bonchev–Trinajstić information content (AvgIpc) is 2.59. The number of hydrogen-bond donors (Lipinski definition) is 2. The van der Waals surface area contributed by atoms with E-state index in [1.807, 2.05) is 32.0 Å². The molecule has 2 amide bonds. The van der Waals surface area contributed by atoms with Crippen LogP contribution in [0.5, 0.6) is 0 Å². The van der Waals surface area contributed by atoms with Crippen molar-refractivity contribution in [3.8, 4) is 0 Å². The lowest BCUT2D eigenvalue weighted by Gasteiger charge is -2.15. The van der Waals surface area contributed by atoms with Gasteiger partial charge >= 0.3 is 0 Å². The third kappa shape index (κ3) is 5.40. The SMILES string of the molecule is Cc1cccc(C)c1NC(=O)CNC(=O)[C@@H](C)Sc1c(Cl)cccc1Cl. The summed E-state index contributed by atoms with van der Waals surface area (Å²) >= 11 is 13.5. The second-order valence-electron chi connectivity index (χ2n) is 5.84. The average molecular weight is 411 g/mol. The molecule has 0 aliphatic heterocycles. The van der Waals surface area contributed by atoms with Crippen LogP contribution in [0.4, 0.5) is 5.69 Å². The van der Waals surface area contributed by atoms with Gasteiger partial charge in [-0.1, -0.05) is 47.5 Å². The first-order valence-corrected chi connectivity index (χ1v) is 9.67. The molecule has 2 aromatic rings. The number of aryl methyl sites for hydroxylation is 2. The zero-order valence-electron chi connectivity index (χ0n) is 14.7. The van der Waals surface area contributed by atoms with Gasteiger partial charge in [0.05, 0.1) is 21.8 Å². The van der Waals surface area contributed by atoms with Crippen molar-refractivity contribution in [1.29, 1.82) is 0 Å². The van der Waals surface area contributed by atoms with Crippen LogP contribution in [0, 0.1) is 13.8 Å². The van der Waals surface area contributed by atoms with E-state index in [0.29, 0.717) is 14.9 Å². The minimum Gasteiger partial charge on any atom is -0.346 e. The summed E-state index contributed by atoms with van der Waals surface area (Å²) < 4.78 is 0. The minimum absolute atomic E-state index is 0.103. The van der Waals surface area contributed by atoms with Gasteiger partial charge < -0.3 is 10.6 Å². The number of para-hydroxylation sites is 1. The van der Waals surface area contributed by atoms with E-state index in [9.17, 15) is 9.59 Å². The fourth-order valence-electron chi connectivity index (χ4n) is 2.33. The van der Waals surface area contributed by atoms with Gasteiger partial charge in [-0.25, -0.2) is 0 Å². The van der Waals surface area contributed by atoms with E-state index < -0.39 is 5.25 Å². The summed E-state index contributed by atoms with van der Waals surface area (Å²) in [4.78, 5) is 25.0. The Bertz CT molecular complexity index is 787. The predicted molar refractivity (Wildman–Crippen MR) is 109 cm³/mol. The molecule has 1 atom stereocenters. The molecule has 0 fully saturated rings. The first-order valence-electron chi connectivity index (χ1n) is 8.04. The van der Waals surface area contributed by atoms with Gasteiger partial charge in [0.15, 0.2) is 0 Å². The third-order valence-electron chi connectivity index (χ3n) is 3.75. The molecular formula is C19H20Cl2N2O2S. The molecule has 7 heteroatoms. The van der Waals surface area contributed by atoms with Crippen LogP contribution >= 0.6 is 35.0 Å². The van der Waals surface area contributed by atoms with Gasteiger partial charge in [0.1, 0.15) is 0 Å². The smallest absolute Gasteiger partial charge is 0.243 e. The van der Waals surface area contributed by atoms with E-state index in [0.717, 1.165) is 16.8 Å². The van der Waals surface area contributed by atoms with Gasteiger partial charge in [-0.15, -0.1) is 11.8 Å². The number of carbonyl (C=O) groups excluding carboxylic acids is 2. The molecule has 0 radical (unpaired) electrons. The van der Waals surface area contributed by atoms with Crippen molar-refractivity contribution >= 4 is 52.5 Å². The highest BCUT2D eigenvalue weighted by Gasteiger charge is 2.18. The number of nitrogens with one attached hydrogen (secondary N) is 2. The molecule has 0 bridgehead atoms. The Morgan fingerprint density at radius 2 is 1.58 bits per heavy atom. The summed E-state index contributed by atoms with van der Waals surface area (Å²) in [5.41, 5.74) is 2.72. The van der Waals surface area contributed by atoms with Crippen molar-refractivity contribution in [2.75, 3.05) is 11.9 Å². The number of carbonyl (C=O) groups is 2. The van der Waals surface area contributed by atoms with E-state index in [1.54, 1.807) is 25.1 Å². The molecule has 138 valence electrons. The summed E-state index contributed by atoms with van der Waals surface area (Å²) in [6.07, 6.45) is 0. The van der Waals surface area contributed by atoms with Gasteiger partial charge in [0.2, 0.25) is 11.8 Å². The molecule has 0 spiro atoms. The zero-order chi connectivity index (χ0) is 19.3. The van der Waals surface area contributed by atoms with Gasteiger partial charge in [-0.05, 0) is 44.0 Å². The first-order chi connectivity index (χ1) is 12.3. The van der Waals surface area contributed by atoms with Crippen LogP contribution in [0.3, 0.4) is 0 Å². The van der Waals surface area contributed by atoms with Crippen LogP contribution in [0.2, 0.25) is 10.0 Å². The van der Waals surface area contributed by atoms with Gasteiger partial charge in [0, 0.05) is 10.6 Å². The Morgan fingerprint density at radius 1 is 1.04 bits per heavy atom. The van der Waals surface area contributed by atoms with E-state index in [1.165, 1.54) is 11.8 Å². The lowest BCUT2D eigenvalue weighted by molar-refractivity contribution is -0.123. The van der Waals surface area contributed by atoms with Crippen LogP contribution in [-0.4, -0.2) is 23.6 Å². The standard InChI is InChI=1S/C19H20Cl2N2O2S/c1-11-6-4-7-12(2)17(11)23-16(24)10-22-19(25)13(3)26-18-14(20)8-5-9-15(18)21/h4-9,13H,10H2,1-3H3,(H,22,25)(H,23,24)/t13-/m1/s1. The maximum Gasteiger partial charge on any atom is 0.243 e. The Labute approximate surface area is 167 Å². The molecule has 2 aromatic carbocycles. The fraction of sp³-hybridized carbons (Fsp3) is 0.263. The second kappa shape index (κ2) is 9.31. The normalized spacial score (nSPS) is 11.7. The predicted octanol–water partition coefficient (Wildman–Crippen LogP) is 4.85. The molecule has 0 saturated heterocycles. The summed E-state index contributed by atoms with van der Waals surface area (Å²) in [5.74, 6) is -0.536. The quantitative estimate of drug-likeness (QED) is 0.669. The molecule has 0 heterocycles. The van der Waals surface area contributed by atoms with Crippen molar-refractivity contribution in [3.63, 3.8) is 0 Å². The fourth-order valence-corrected chi connectivity index (χ4v) is 3.90. The van der Waals surface area contributed by atoms with Gasteiger partial charge in [-0.2, -0.15) is 0 Å². The summed E-state index contributed by atoms with van der Waals surface area (Å²) in [7, 11) is 0. The van der Waals surface area contributed by atoms with E-state index in [4.69, 9.17) is 23.2 Å². The highest BCUT2D eigenvalue weighted by Crippen LogP contribution is 2.36. The largest absolute Gasteiger partial charge is 0.346 e. The Kier molecular flexibility index (Phi) is 7.38. The Balaban J connectivity index is 1.90. The topological polar surface area (TPSA) is 58.2 Å². The lowest BCUT2D eigenvalue weighted by Crippen LogP contribution is -2.37. The molecule has 0 aliphatic carbocycles. The minimum atomic E-state index is -0.444. The van der Waals surface area contributed by atoms with Crippen LogP contribution in [0.25, 0.3) is 0 Å². The monoisotopic (exact) mass is 410 g/mol.